The Morgan fingerprint density at radius 3 is 2.76 bits per heavy atom. The Morgan fingerprint density at radius 2 is 1.94 bits per heavy atom. The fraction of sp³-hybridized carbons (Fsp3) is 0.0833. The molecule has 0 atom stereocenters. The van der Waals surface area contributed by atoms with E-state index < -0.39 is 17.1 Å². The first-order chi connectivity index (χ1) is 16.0. The molecule has 0 bridgehead atoms. The molecule has 5 aromatic rings. The van der Waals surface area contributed by atoms with Gasteiger partial charge in [0.2, 0.25) is 0 Å². The number of fused-ring (bicyclic) bond motifs is 2. The monoisotopic (exact) mass is 476 g/mol. The zero-order valence-electron chi connectivity index (χ0n) is 17.0. The van der Waals surface area contributed by atoms with Gasteiger partial charge in [-0.3, -0.25) is 14.3 Å². The number of nitrogens with zero attached hydrogens (tertiary/aromatic N) is 4. The van der Waals surface area contributed by atoms with Crippen molar-refractivity contribution >= 4 is 43.9 Å². The first-order valence-corrected chi connectivity index (χ1v) is 11.1. The highest BCUT2D eigenvalue weighted by atomic mass is 35.5. The summed E-state index contributed by atoms with van der Waals surface area (Å²) in [4.78, 5) is 31.9. The van der Waals surface area contributed by atoms with Crippen LogP contribution in [0.4, 0.5) is 4.39 Å². The first kappa shape index (κ1) is 21.1. The number of aryl methyl sites for hydroxylation is 1. The van der Waals surface area contributed by atoms with Crippen LogP contribution in [0.1, 0.15) is 6.42 Å². The highest BCUT2D eigenvalue weighted by molar-refractivity contribution is 7.22. The summed E-state index contributed by atoms with van der Waals surface area (Å²) in [5.74, 6) is -0.465. The van der Waals surface area contributed by atoms with Crippen molar-refractivity contribution in [3.8, 4) is 22.2 Å². The fourth-order valence-corrected chi connectivity index (χ4v) is 5.23. The lowest BCUT2D eigenvalue weighted by Gasteiger charge is -2.12. The molecule has 162 valence electrons. The Hall–Kier alpha value is -3.80. The normalized spacial score (nSPS) is 11.2. The average molecular weight is 477 g/mol. The Balaban J connectivity index is 1.87. The Labute approximate surface area is 195 Å². The van der Waals surface area contributed by atoms with Crippen LogP contribution in [0.2, 0.25) is 5.02 Å². The lowest BCUT2D eigenvalue weighted by Crippen LogP contribution is -2.38. The number of aromatic nitrogens is 3. The third-order valence-corrected chi connectivity index (χ3v) is 6.83. The van der Waals surface area contributed by atoms with Crippen LogP contribution < -0.4 is 11.2 Å². The van der Waals surface area contributed by atoms with E-state index >= 15 is 0 Å². The Kier molecular flexibility index (Phi) is 5.29. The van der Waals surface area contributed by atoms with Gasteiger partial charge in [0.15, 0.2) is 0 Å². The summed E-state index contributed by atoms with van der Waals surface area (Å²) in [7, 11) is 0. The van der Waals surface area contributed by atoms with Crippen molar-refractivity contribution in [3.63, 3.8) is 0 Å². The molecule has 2 aromatic carbocycles. The largest absolute Gasteiger partial charge is 0.336 e. The molecule has 0 aliphatic rings. The second kappa shape index (κ2) is 8.28. The van der Waals surface area contributed by atoms with Crippen LogP contribution in [-0.2, 0) is 6.54 Å². The summed E-state index contributed by atoms with van der Waals surface area (Å²) in [6.45, 7) is 0.0946. The lowest BCUT2D eigenvalue weighted by molar-refractivity contribution is 0.628. The molecule has 0 aliphatic heterocycles. The number of thiophene rings is 1. The predicted octanol–water partition coefficient (Wildman–Crippen LogP) is 5.14. The molecule has 0 aliphatic carbocycles. The Morgan fingerprint density at radius 1 is 1.12 bits per heavy atom. The summed E-state index contributed by atoms with van der Waals surface area (Å²) in [6.07, 6.45) is 3.21. The molecule has 0 unspecified atom stereocenters. The number of halogens is 2. The molecule has 0 fully saturated rings. The molecule has 0 N–H and O–H groups in total. The van der Waals surface area contributed by atoms with Gasteiger partial charge in [-0.15, -0.1) is 11.3 Å². The first-order valence-electron chi connectivity index (χ1n) is 9.94. The smallest absolute Gasteiger partial charge is 0.291 e. The molecule has 0 spiro atoms. The minimum atomic E-state index is -0.574. The van der Waals surface area contributed by atoms with Gasteiger partial charge in [-0.1, -0.05) is 35.9 Å². The summed E-state index contributed by atoms with van der Waals surface area (Å²) < 4.78 is 16.7. The molecule has 0 amide bonds. The highest BCUT2D eigenvalue weighted by Gasteiger charge is 2.20. The summed E-state index contributed by atoms with van der Waals surface area (Å²) in [6, 6.07) is 15.0. The molecule has 33 heavy (non-hydrogen) atoms. The molecule has 0 saturated heterocycles. The molecule has 6 nitrogen and oxygen atoms in total. The topological polar surface area (TPSA) is 80.7 Å². The second-order valence-corrected chi connectivity index (χ2v) is 8.77. The van der Waals surface area contributed by atoms with Crippen LogP contribution >= 0.6 is 22.9 Å². The molecule has 9 heteroatoms. The van der Waals surface area contributed by atoms with Gasteiger partial charge in [-0.25, -0.2) is 13.8 Å². The van der Waals surface area contributed by atoms with Crippen molar-refractivity contribution in [1.82, 2.24) is 14.1 Å². The third-order valence-electron chi connectivity index (χ3n) is 5.35. The quantitative estimate of drug-likeness (QED) is 0.360. The molecular weight excluding hydrogens is 463 g/mol. The zero-order valence-corrected chi connectivity index (χ0v) is 18.5. The van der Waals surface area contributed by atoms with Crippen molar-refractivity contribution in [1.29, 1.82) is 5.26 Å². The number of nitriles is 1. The van der Waals surface area contributed by atoms with Gasteiger partial charge in [-0.05, 0) is 24.3 Å². The Bertz CT molecular complexity index is 1710. The third kappa shape index (κ3) is 3.52. The van der Waals surface area contributed by atoms with E-state index in [4.69, 9.17) is 16.9 Å². The molecular formula is C24H14ClFN4O2S. The number of pyridine rings is 1. The van der Waals surface area contributed by atoms with E-state index in [-0.39, 0.29) is 13.0 Å². The standard InChI is InChI=1S/C24H14ClFN4O2S/c25-18-7-6-15(26)10-17(18)21-11-19-22(33-21)23(31)30(24(32)29(19)9-3-8-27)20-13-28-12-14-4-1-2-5-16(14)20/h1-2,4-7,10-13H,3,9H2. The van der Waals surface area contributed by atoms with Crippen LogP contribution in [0.5, 0.6) is 0 Å². The van der Waals surface area contributed by atoms with Crippen molar-refractivity contribution < 1.29 is 4.39 Å². The van der Waals surface area contributed by atoms with E-state index in [2.05, 4.69) is 4.98 Å². The number of rotatable bonds is 4. The maximum Gasteiger partial charge on any atom is 0.336 e. The number of benzene rings is 2. The van der Waals surface area contributed by atoms with Crippen LogP contribution in [0.3, 0.4) is 0 Å². The molecule has 0 radical (unpaired) electrons. The molecule has 3 heterocycles. The van der Waals surface area contributed by atoms with Crippen LogP contribution in [0.25, 0.3) is 37.1 Å². The lowest BCUT2D eigenvalue weighted by atomic mass is 10.1. The van der Waals surface area contributed by atoms with E-state index in [0.29, 0.717) is 36.8 Å². The van der Waals surface area contributed by atoms with Crippen LogP contribution in [0.15, 0.2) is 70.5 Å². The van der Waals surface area contributed by atoms with E-state index in [9.17, 15) is 14.0 Å². The molecule has 0 saturated carbocycles. The highest BCUT2D eigenvalue weighted by Crippen LogP contribution is 2.36. The maximum atomic E-state index is 13.9. The van der Waals surface area contributed by atoms with Crippen LogP contribution in [0, 0.1) is 17.1 Å². The maximum absolute atomic E-state index is 13.9. The summed E-state index contributed by atoms with van der Waals surface area (Å²) >= 11 is 7.41. The number of hydrogen-bond donors (Lipinski definition) is 0. The van der Waals surface area contributed by atoms with Gasteiger partial charge < -0.3 is 0 Å². The summed E-state index contributed by atoms with van der Waals surface area (Å²) in [5.41, 5.74) is 0.0788. The fourth-order valence-electron chi connectivity index (χ4n) is 3.84. The SMILES string of the molecule is N#CCCn1c(=O)n(-c2cncc3ccccc23)c(=O)c2sc(-c3cc(F)ccc3Cl)cc21. The second-order valence-electron chi connectivity index (χ2n) is 7.31. The molecule has 5 rings (SSSR count). The van der Waals surface area contributed by atoms with Crippen molar-refractivity contribution in [2.75, 3.05) is 0 Å². The minimum Gasteiger partial charge on any atom is -0.291 e. The summed E-state index contributed by atoms with van der Waals surface area (Å²) in [5, 5.41) is 10.9. The van der Waals surface area contributed by atoms with Gasteiger partial charge in [-0.2, -0.15) is 5.26 Å². The van der Waals surface area contributed by atoms with Gasteiger partial charge in [0, 0.05) is 39.0 Å². The van der Waals surface area contributed by atoms with E-state index in [1.807, 2.05) is 30.3 Å². The average Bonchev–Trinajstić information content (AvgIpc) is 3.26. The van der Waals surface area contributed by atoms with E-state index in [1.165, 1.54) is 29.0 Å². The number of hydrogen-bond acceptors (Lipinski definition) is 5. The zero-order chi connectivity index (χ0) is 23.1. The van der Waals surface area contributed by atoms with Crippen molar-refractivity contribution in [2.24, 2.45) is 0 Å². The van der Waals surface area contributed by atoms with Crippen LogP contribution in [-0.4, -0.2) is 14.1 Å². The van der Waals surface area contributed by atoms with E-state index in [0.717, 1.165) is 21.3 Å². The molecule has 3 aromatic heterocycles. The van der Waals surface area contributed by atoms with Gasteiger partial charge in [0.25, 0.3) is 5.56 Å². The van der Waals surface area contributed by atoms with Crippen molar-refractivity contribution in [2.45, 2.75) is 13.0 Å². The predicted molar refractivity (Wildman–Crippen MR) is 128 cm³/mol. The van der Waals surface area contributed by atoms with Gasteiger partial charge in [0.1, 0.15) is 10.5 Å². The van der Waals surface area contributed by atoms with Crippen molar-refractivity contribution in [3.05, 3.63) is 92.6 Å². The van der Waals surface area contributed by atoms with Gasteiger partial charge >= 0.3 is 5.69 Å². The minimum absolute atomic E-state index is 0.0763. The van der Waals surface area contributed by atoms with E-state index in [1.54, 1.807) is 12.3 Å². The van der Waals surface area contributed by atoms with Gasteiger partial charge in [0.05, 0.1) is 29.9 Å².